The molecular formula is C7H5BrCl2O2S. The molecule has 0 fully saturated rings. The maximum Gasteiger partial charge on any atom is 0.236 e. The zero-order valence-electron chi connectivity index (χ0n) is 6.30. The van der Waals surface area contributed by atoms with Crippen molar-refractivity contribution in [2.45, 2.75) is 5.75 Å². The molecule has 2 nitrogen and oxygen atoms in total. The van der Waals surface area contributed by atoms with Crippen molar-refractivity contribution in [2.24, 2.45) is 0 Å². The largest absolute Gasteiger partial charge is 0.236 e. The van der Waals surface area contributed by atoms with Crippen LogP contribution < -0.4 is 0 Å². The minimum atomic E-state index is -3.53. The third kappa shape index (κ3) is 3.85. The Hall–Kier alpha value is 0.230. The Morgan fingerprint density at radius 1 is 1.38 bits per heavy atom. The van der Waals surface area contributed by atoms with Gasteiger partial charge in [0.15, 0.2) is 0 Å². The molecule has 0 bridgehead atoms. The van der Waals surface area contributed by atoms with Crippen molar-refractivity contribution in [1.82, 2.24) is 0 Å². The van der Waals surface area contributed by atoms with Gasteiger partial charge in [-0.05, 0) is 23.8 Å². The smallest absolute Gasteiger partial charge is 0.212 e. The van der Waals surface area contributed by atoms with Crippen molar-refractivity contribution in [3.05, 3.63) is 33.3 Å². The van der Waals surface area contributed by atoms with Crippen molar-refractivity contribution in [3.63, 3.8) is 0 Å². The van der Waals surface area contributed by atoms with E-state index in [0.29, 0.717) is 15.1 Å². The Morgan fingerprint density at radius 2 is 2.00 bits per heavy atom. The third-order valence-electron chi connectivity index (χ3n) is 1.34. The van der Waals surface area contributed by atoms with Crippen LogP contribution in [-0.4, -0.2) is 8.42 Å². The Labute approximate surface area is 94.4 Å². The van der Waals surface area contributed by atoms with Crippen LogP contribution in [0.25, 0.3) is 0 Å². The van der Waals surface area contributed by atoms with Gasteiger partial charge in [-0.2, -0.15) is 0 Å². The zero-order valence-corrected chi connectivity index (χ0v) is 10.2. The van der Waals surface area contributed by atoms with Crippen molar-refractivity contribution in [2.75, 3.05) is 0 Å². The van der Waals surface area contributed by atoms with E-state index in [9.17, 15) is 8.42 Å². The van der Waals surface area contributed by atoms with E-state index in [-0.39, 0.29) is 5.75 Å². The number of hydrogen-bond acceptors (Lipinski definition) is 2. The summed E-state index contributed by atoms with van der Waals surface area (Å²) < 4.78 is 22.2. The highest BCUT2D eigenvalue weighted by molar-refractivity contribution is 9.10. The predicted octanol–water partition coefficient (Wildman–Crippen LogP) is 3.17. The minimum absolute atomic E-state index is 0.226. The van der Waals surface area contributed by atoms with E-state index in [1.807, 2.05) is 0 Å². The van der Waals surface area contributed by atoms with Gasteiger partial charge in [0.25, 0.3) is 0 Å². The molecule has 0 radical (unpaired) electrons. The minimum Gasteiger partial charge on any atom is -0.212 e. The second-order valence-corrected chi connectivity index (χ2v) is 6.49. The molecule has 0 saturated heterocycles. The Balaban J connectivity index is 3.08. The molecule has 0 atom stereocenters. The van der Waals surface area contributed by atoms with Gasteiger partial charge in [0, 0.05) is 20.2 Å². The molecule has 1 rings (SSSR count). The van der Waals surface area contributed by atoms with Crippen LogP contribution in [0.2, 0.25) is 5.02 Å². The molecule has 1 aromatic carbocycles. The SMILES string of the molecule is O=S(=O)(Cl)Cc1cc(Cl)ccc1Br. The van der Waals surface area contributed by atoms with Gasteiger partial charge in [-0.25, -0.2) is 8.42 Å². The molecule has 0 N–H and O–H groups in total. The van der Waals surface area contributed by atoms with Gasteiger partial charge in [-0.3, -0.25) is 0 Å². The molecule has 13 heavy (non-hydrogen) atoms. The van der Waals surface area contributed by atoms with Gasteiger partial charge in [0.05, 0.1) is 5.75 Å². The summed E-state index contributed by atoms with van der Waals surface area (Å²) in [4.78, 5) is 0. The molecule has 0 spiro atoms. The topological polar surface area (TPSA) is 34.1 Å². The normalized spacial score (nSPS) is 11.6. The lowest BCUT2D eigenvalue weighted by Crippen LogP contribution is -1.95. The standard InChI is InChI=1S/C7H5BrCl2O2S/c8-7-2-1-6(9)3-5(7)4-13(10,11)12/h1-3H,4H2. The summed E-state index contributed by atoms with van der Waals surface area (Å²) in [5.74, 6) is -0.226. The first kappa shape index (κ1) is 11.3. The molecule has 72 valence electrons. The van der Waals surface area contributed by atoms with Crippen molar-refractivity contribution in [1.29, 1.82) is 0 Å². The van der Waals surface area contributed by atoms with Crippen LogP contribution in [0.15, 0.2) is 22.7 Å². The number of halogens is 3. The molecule has 0 saturated carbocycles. The summed E-state index contributed by atoms with van der Waals surface area (Å²) in [7, 11) is 1.57. The van der Waals surface area contributed by atoms with Crippen LogP contribution in [0, 0.1) is 0 Å². The second kappa shape index (κ2) is 4.17. The average Bonchev–Trinajstić information content (AvgIpc) is 1.94. The Kier molecular flexibility index (Phi) is 3.63. The molecule has 0 aliphatic rings. The van der Waals surface area contributed by atoms with E-state index in [1.165, 1.54) is 0 Å². The fraction of sp³-hybridized carbons (Fsp3) is 0.143. The maximum absolute atomic E-state index is 10.8. The van der Waals surface area contributed by atoms with Crippen LogP contribution in [0.1, 0.15) is 5.56 Å². The van der Waals surface area contributed by atoms with E-state index in [2.05, 4.69) is 15.9 Å². The molecule has 0 aromatic heterocycles. The number of rotatable bonds is 2. The summed E-state index contributed by atoms with van der Waals surface area (Å²) in [6.45, 7) is 0. The van der Waals surface area contributed by atoms with Crippen molar-refractivity contribution >= 4 is 47.3 Å². The van der Waals surface area contributed by atoms with E-state index in [4.69, 9.17) is 22.3 Å². The molecule has 0 amide bonds. The first-order valence-electron chi connectivity index (χ1n) is 3.25. The summed E-state index contributed by atoms with van der Waals surface area (Å²) in [6, 6.07) is 4.90. The first-order valence-corrected chi connectivity index (χ1v) is 6.90. The lowest BCUT2D eigenvalue weighted by atomic mass is 10.2. The Morgan fingerprint density at radius 3 is 2.54 bits per heavy atom. The van der Waals surface area contributed by atoms with Gasteiger partial charge >= 0.3 is 0 Å². The van der Waals surface area contributed by atoms with Crippen molar-refractivity contribution < 1.29 is 8.42 Å². The highest BCUT2D eigenvalue weighted by atomic mass is 79.9. The van der Waals surface area contributed by atoms with Gasteiger partial charge in [0.1, 0.15) is 0 Å². The summed E-state index contributed by atoms with van der Waals surface area (Å²) >= 11 is 8.89. The predicted molar refractivity (Wildman–Crippen MR) is 57.6 cm³/mol. The van der Waals surface area contributed by atoms with Crippen molar-refractivity contribution in [3.8, 4) is 0 Å². The van der Waals surface area contributed by atoms with Crippen LogP contribution in [0.4, 0.5) is 0 Å². The zero-order chi connectivity index (χ0) is 10.1. The average molecular weight is 304 g/mol. The van der Waals surface area contributed by atoms with E-state index < -0.39 is 9.05 Å². The van der Waals surface area contributed by atoms with Crippen LogP contribution in [0.3, 0.4) is 0 Å². The highest BCUT2D eigenvalue weighted by Crippen LogP contribution is 2.23. The fourth-order valence-electron chi connectivity index (χ4n) is 0.840. The lowest BCUT2D eigenvalue weighted by molar-refractivity contribution is 0.609. The summed E-state index contributed by atoms with van der Waals surface area (Å²) in [5.41, 5.74) is 0.558. The summed E-state index contributed by atoms with van der Waals surface area (Å²) in [6.07, 6.45) is 0. The molecule has 0 aliphatic heterocycles. The molecule has 0 unspecified atom stereocenters. The molecular weight excluding hydrogens is 299 g/mol. The number of benzene rings is 1. The van der Waals surface area contributed by atoms with Crippen LogP contribution in [0.5, 0.6) is 0 Å². The molecule has 0 aliphatic carbocycles. The lowest BCUT2D eigenvalue weighted by Gasteiger charge is -2.01. The second-order valence-electron chi connectivity index (χ2n) is 2.42. The van der Waals surface area contributed by atoms with Gasteiger partial charge in [0.2, 0.25) is 9.05 Å². The fourth-order valence-corrected chi connectivity index (χ4v) is 2.57. The number of hydrogen-bond donors (Lipinski definition) is 0. The summed E-state index contributed by atoms with van der Waals surface area (Å²) in [5, 5.41) is 0.485. The van der Waals surface area contributed by atoms with E-state index in [0.717, 1.165) is 0 Å². The van der Waals surface area contributed by atoms with Gasteiger partial charge in [-0.1, -0.05) is 27.5 Å². The van der Waals surface area contributed by atoms with Crippen LogP contribution >= 0.6 is 38.2 Å². The van der Waals surface area contributed by atoms with E-state index >= 15 is 0 Å². The van der Waals surface area contributed by atoms with Gasteiger partial charge in [-0.15, -0.1) is 0 Å². The molecule has 6 heteroatoms. The third-order valence-corrected chi connectivity index (χ3v) is 3.33. The molecule has 1 aromatic rings. The highest BCUT2D eigenvalue weighted by Gasteiger charge is 2.10. The first-order chi connectivity index (χ1) is 5.88. The van der Waals surface area contributed by atoms with Gasteiger partial charge < -0.3 is 0 Å². The van der Waals surface area contributed by atoms with Crippen LogP contribution in [-0.2, 0) is 14.8 Å². The monoisotopic (exact) mass is 302 g/mol. The quantitative estimate of drug-likeness (QED) is 0.787. The molecule has 0 heterocycles. The van der Waals surface area contributed by atoms with E-state index in [1.54, 1.807) is 18.2 Å². The maximum atomic E-state index is 10.8. The Bertz CT molecular complexity index is 417.